The lowest BCUT2D eigenvalue weighted by molar-refractivity contribution is -0.745. The van der Waals surface area contributed by atoms with E-state index in [9.17, 15) is 4.39 Å². The van der Waals surface area contributed by atoms with Gasteiger partial charge in [0.05, 0.1) is 12.0 Å². The second-order valence-corrected chi connectivity index (χ2v) is 11.3. The minimum Gasteiger partial charge on any atom is -0.204 e. The number of halogens is 2. The van der Waals surface area contributed by atoms with E-state index in [-0.39, 0.29) is 18.0 Å². The number of aryl methyl sites for hydroxylation is 2. The van der Waals surface area contributed by atoms with Crippen LogP contribution in [0.2, 0.25) is 0 Å². The largest absolute Gasteiger partial charge is 0.216 e. The van der Waals surface area contributed by atoms with Gasteiger partial charge in [0.15, 0.2) is 36.1 Å². The van der Waals surface area contributed by atoms with Crippen molar-refractivity contribution in [2.24, 2.45) is 0 Å². The van der Waals surface area contributed by atoms with Gasteiger partial charge in [-0.15, -0.1) is 0 Å². The van der Waals surface area contributed by atoms with Crippen molar-refractivity contribution in [2.45, 2.75) is 44.2 Å². The first-order valence-corrected chi connectivity index (χ1v) is 14.3. The summed E-state index contributed by atoms with van der Waals surface area (Å²) >= 11 is 0. The second kappa shape index (κ2) is 10.2. The van der Waals surface area contributed by atoms with Gasteiger partial charge in [0.1, 0.15) is 0 Å². The van der Waals surface area contributed by atoms with Crippen LogP contribution < -0.4 is 9.13 Å². The molecule has 7 rings (SSSR count). The van der Waals surface area contributed by atoms with Crippen molar-refractivity contribution < 1.29 is 17.9 Å². The van der Waals surface area contributed by atoms with Gasteiger partial charge in [-0.3, -0.25) is 0 Å². The summed E-state index contributed by atoms with van der Waals surface area (Å²) in [6.45, 7) is 6.36. The highest BCUT2D eigenvalue weighted by atomic mass is 19.2. The molecule has 3 atom stereocenters. The molecule has 0 aliphatic carbocycles. The molecule has 2 aliphatic rings. The fraction of sp³-hybridized carbons (Fsp3) is 0.189. The molecule has 2 nitrogen and oxygen atoms in total. The minimum atomic E-state index is -0.804. The van der Waals surface area contributed by atoms with Crippen LogP contribution in [0.1, 0.15) is 47.5 Å². The monoisotopic (exact) mass is 542 g/mol. The van der Waals surface area contributed by atoms with Crippen LogP contribution in [0.15, 0.2) is 116 Å². The number of allylic oxidation sites excluding steroid dienone is 1. The Morgan fingerprint density at radius 2 is 1.56 bits per heavy atom. The maximum Gasteiger partial charge on any atom is 0.216 e. The predicted molar refractivity (Wildman–Crippen MR) is 158 cm³/mol. The predicted octanol–water partition coefficient (Wildman–Crippen LogP) is 8.25. The molecule has 41 heavy (non-hydrogen) atoms. The lowest BCUT2D eigenvalue weighted by atomic mass is 9.76. The third kappa shape index (κ3) is 4.30. The molecular weight excluding hydrogens is 510 g/mol. The molecule has 0 bridgehead atoms. The maximum atomic E-state index is 15.5. The van der Waals surface area contributed by atoms with E-state index in [4.69, 9.17) is 0 Å². The molecule has 2 aromatic heterocycles. The Morgan fingerprint density at radius 3 is 2.39 bits per heavy atom. The topological polar surface area (TPSA) is 7.76 Å². The van der Waals surface area contributed by atoms with Gasteiger partial charge in [0, 0.05) is 34.7 Å². The number of aromatic nitrogens is 2. The SMILES string of the molecule is C=CC1CC2C(CCc3ccccc3-c3ccc(-c4ccccc4)c[n+]31)c1ccc(F)c(F)c1-c1ccc(C)c[n+]12. The fourth-order valence-electron chi connectivity index (χ4n) is 6.97. The number of hydrogen-bond acceptors (Lipinski definition) is 0. The Bertz CT molecular complexity index is 1790. The van der Waals surface area contributed by atoms with Crippen LogP contribution in [0.3, 0.4) is 0 Å². The number of hydrogen-bond donors (Lipinski definition) is 0. The van der Waals surface area contributed by atoms with Crippen LogP contribution in [0.25, 0.3) is 33.6 Å². The lowest BCUT2D eigenvalue weighted by Crippen LogP contribution is -2.51. The van der Waals surface area contributed by atoms with Gasteiger partial charge < -0.3 is 0 Å². The summed E-state index contributed by atoms with van der Waals surface area (Å²) in [5.41, 5.74) is 9.01. The Balaban J connectivity index is 1.46. The van der Waals surface area contributed by atoms with Crippen molar-refractivity contribution in [1.82, 2.24) is 0 Å². The van der Waals surface area contributed by atoms with E-state index in [1.54, 1.807) is 0 Å². The van der Waals surface area contributed by atoms with Crippen molar-refractivity contribution in [3.05, 3.63) is 144 Å². The van der Waals surface area contributed by atoms with E-state index in [1.165, 1.54) is 17.2 Å². The highest BCUT2D eigenvalue weighted by Crippen LogP contribution is 2.45. The average molecular weight is 543 g/mol. The summed E-state index contributed by atoms with van der Waals surface area (Å²) in [7, 11) is 0. The normalized spacial score (nSPS) is 19.1. The molecule has 3 unspecified atom stereocenters. The number of rotatable bonds is 2. The van der Waals surface area contributed by atoms with Gasteiger partial charge in [-0.05, 0) is 66.8 Å². The van der Waals surface area contributed by atoms with E-state index in [0.29, 0.717) is 5.56 Å². The summed E-state index contributed by atoms with van der Waals surface area (Å²) in [5.74, 6) is -1.56. The van der Waals surface area contributed by atoms with Gasteiger partial charge in [-0.25, -0.2) is 8.78 Å². The molecule has 4 heterocycles. The Hall–Kier alpha value is -4.44. The molecule has 5 aromatic rings. The smallest absolute Gasteiger partial charge is 0.204 e. The molecule has 202 valence electrons. The Morgan fingerprint density at radius 1 is 0.780 bits per heavy atom. The first-order valence-electron chi connectivity index (χ1n) is 14.3. The number of pyridine rings is 2. The zero-order valence-electron chi connectivity index (χ0n) is 23.1. The van der Waals surface area contributed by atoms with Crippen molar-refractivity contribution in [1.29, 1.82) is 0 Å². The van der Waals surface area contributed by atoms with E-state index in [1.807, 2.05) is 30.3 Å². The third-order valence-corrected chi connectivity index (χ3v) is 8.94. The van der Waals surface area contributed by atoms with Crippen LogP contribution in [0.4, 0.5) is 8.78 Å². The van der Waals surface area contributed by atoms with Crippen LogP contribution in [0.5, 0.6) is 0 Å². The molecule has 0 amide bonds. The van der Waals surface area contributed by atoms with Crippen molar-refractivity contribution in [3.63, 3.8) is 0 Å². The maximum absolute atomic E-state index is 15.5. The fourth-order valence-corrected chi connectivity index (χ4v) is 6.97. The van der Waals surface area contributed by atoms with Crippen LogP contribution in [-0.2, 0) is 6.42 Å². The Labute approximate surface area is 239 Å². The number of fused-ring (bicyclic) bond motifs is 9. The summed E-state index contributed by atoms with van der Waals surface area (Å²) < 4.78 is 34.7. The van der Waals surface area contributed by atoms with E-state index in [2.05, 4.69) is 95.7 Å². The number of nitrogens with zero attached hydrogens (tertiary/aromatic N) is 2. The van der Waals surface area contributed by atoms with Gasteiger partial charge in [-0.2, -0.15) is 9.13 Å². The van der Waals surface area contributed by atoms with E-state index >= 15 is 4.39 Å². The first kappa shape index (κ1) is 25.5. The first-order chi connectivity index (χ1) is 20.0. The zero-order chi connectivity index (χ0) is 28.1. The molecule has 3 aromatic carbocycles. The van der Waals surface area contributed by atoms with Crippen LogP contribution >= 0.6 is 0 Å². The van der Waals surface area contributed by atoms with Crippen LogP contribution in [0, 0.1) is 18.6 Å². The molecular formula is C37H32F2N2+2. The minimum absolute atomic E-state index is 0.00867. The number of benzene rings is 3. The van der Waals surface area contributed by atoms with Crippen molar-refractivity contribution in [2.75, 3.05) is 0 Å². The quantitative estimate of drug-likeness (QED) is 0.157. The molecule has 0 saturated carbocycles. The van der Waals surface area contributed by atoms with Crippen LogP contribution in [-0.4, -0.2) is 0 Å². The molecule has 0 fully saturated rings. The highest BCUT2D eigenvalue weighted by molar-refractivity contribution is 5.67. The summed E-state index contributed by atoms with van der Waals surface area (Å²) in [6, 6.07) is 30.5. The molecule has 2 aliphatic heterocycles. The van der Waals surface area contributed by atoms with Crippen molar-refractivity contribution in [3.8, 4) is 33.6 Å². The second-order valence-electron chi connectivity index (χ2n) is 11.3. The average Bonchev–Trinajstić information content (AvgIpc) is 3.01. The standard InChI is InChI=1S/C37H32F2N2/c1-3-28-21-35-30(31-17-18-32(38)37(39)36(31)34-19-13-24(2)22-41(34)35)16-14-26-11-7-8-12-29(26)33-20-15-27(23-40(28)33)25-9-5-4-6-10-25/h3-13,15,17-20,22-23,28,30,35H,1,14,16,21H2,2H3/q+2. The van der Waals surface area contributed by atoms with Gasteiger partial charge >= 0.3 is 0 Å². The van der Waals surface area contributed by atoms with Crippen molar-refractivity contribution >= 4 is 0 Å². The zero-order valence-corrected chi connectivity index (χ0v) is 23.1. The molecule has 0 saturated heterocycles. The Kier molecular flexibility index (Phi) is 6.34. The summed E-state index contributed by atoms with van der Waals surface area (Å²) in [4.78, 5) is 0. The highest BCUT2D eigenvalue weighted by Gasteiger charge is 2.45. The van der Waals surface area contributed by atoms with E-state index < -0.39 is 11.6 Å². The van der Waals surface area contributed by atoms with Gasteiger partial charge in [0.2, 0.25) is 11.4 Å². The lowest BCUT2D eigenvalue weighted by Gasteiger charge is -2.32. The molecule has 0 radical (unpaired) electrons. The van der Waals surface area contributed by atoms with Gasteiger partial charge in [0.25, 0.3) is 0 Å². The molecule has 0 spiro atoms. The summed E-state index contributed by atoms with van der Waals surface area (Å²) in [6.07, 6.45) is 8.81. The van der Waals surface area contributed by atoms with E-state index in [0.717, 1.165) is 52.9 Å². The summed E-state index contributed by atoms with van der Waals surface area (Å²) in [5, 5.41) is 0. The molecule has 4 heteroatoms. The third-order valence-electron chi connectivity index (χ3n) is 8.94. The molecule has 0 N–H and O–H groups in total. The van der Waals surface area contributed by atoms with Gasteiger partial charge in [-0.1, -0.05) is 61.2 Å².